The van der Waals surface area contributed by atoms with Gasteiger partial charge >= 0.3 is 6.18 Å². The number of nitrogens with zero attached hydrogens (tertiary/aromatic N) is 4. The Labute approximate surface area is 122 Å². The molecular weight excluding hydrogens is 281 g/mol. The zero-order valence-electron chi connectivity index (χ0n) is 11.8. The van der Waals surface area contributed by atoms with Crippen LogP contribution in [0.2, 0.25) is 0 Å². The van der Waals surface area contributed by atoms with E-state index < -0.39 is 11.9 Å². The van der Waals surface area contributed by atoms with E-state index in [1.165, 1.54) is 19.0 Å². The zero-order valence-corrected chi connectivity index (χ0v) is 11.8. The van der Waals surface area contributed by atoms with Crippen LogP contribution >= 0.6 is 0 Å². The summed E-state index contributed by atoms with van der Waals surface area (Å²) in [4.78, 5) is 12.0. The lowest BCUT2D eigenvalue weighted by Gasteiger charge is -2.36. The molecule has 2 fully saturated rings. The van der Waals surface area contributed by atoms with E-state index in [4.69, 9.17) is 0 Å². The van der Waals surface area contributed by atoms with Crippen LogP contribution in [0.25, 0.3) is 0 Å². The van der Waals surface area contributed by atoms with Crippen LogP contribution in [-0.4, -0.2) is 47.1 Å². The van der Waals surface area contributed by atoms with Crippen LogP contribution < -0.4 is 4.90 Å². The van der Waals surface area contributed by atoms with Gasteiger partial charge in [0.1, 0.15) is 5.69 Å². The van der Waals surface area contributed by atoms with Crippen molar-refractivity contribution in [1.82, 2.24) is 14.9 Å². The van der Waals surface area contributed by atoms with E-state index in [0.717, 1.165) is 45.1 Å². The number of aromatic nitrogens is 2. The molecule has 2 saturated heterocycles. The van der Waals surface area contributed by atoms with Crippen LogP contribution in [0.4, 0.5) is 19.1 Å². The monoisotopic (exact) mass is 300 g/mol. The highest BCUT2D eigenvalue weighted by atomic mass is 19.4. The number of rotatable bonds is 2. The fourth-order valence-corrected chi connectivity index (χ4v) is 3.20. The highest BCUT2D eigenvalue weighted by Crippen LogP contribution is 2.29. The number of anilines is 1. The first kappa shape index (κ1) is 14.6. The Morgan fingerprint density at radius 1 is 1.05 bits per heavy atom. The van der Waals surface area contributed by atoms with Gasteiger partial charge in [0.05, 0.1) is 0 Å². The number of likely N-dealkylation sites (tertiary alicyclic amines) is 1. The number of hydrogen-bond acceptors (Lipinski definition) is 4. The lowest BCUT2D eigenvalue weighted by Crippen LogP contribution is -2.44. The normalized spacial score (nSPS) is 22.0. The Balaban J connectivity index is 1.64. The minimum Gasteiger partial charge on any atom is -0.341 e. The molecule has 0 aliphatic carbocycles. The Morgan fingerprint density at radius 2 is 1.71 bits per heavy atom. The first-order chi connectivity index (χ1) is 10.0. The van der Waals surface area contributed by atoms with Crippen molar-refractivity contribution in [2.24, 2.45) is 0 Å². The van der Waals surface area contributed by atoms with Gasteiger partial charge in [0.25, 0.3) is 0 Å². The lowest BCUT2D eigenvalue weighted by atomic mass is 10.0. The van der Waals surface area contributed by atoms with Crippen molar-refractivity contribution in [2.45, 2.75) is 37.9 Å². The fourth-order valence-electron chi connectivity index (χ4n) is 3.20. The summed E-state index contributed by atoms with van der Waals surface area (Å²) in [6.45, 7) is 3.76. The van der Waals surface area contributed by atoms with Gasteiger partial charge in [-0.3, -0.25) is 0 Å². The Hall–Kier alpha value is -1.37. The van der Waals surface area contributed by atoms with Gasteiger partial charge in [-0.25, -0.2) is 9.97 Å². The van der Waals surface area contributed by atoms with Crippen LogP contribution in [0.5, 0.6) is 0 Å². The predicted octanol–water partition coefficient (Wildman–Crippen LogP) is 2.56. The van der Waals surface area contributed by atoms with E-state index in [1.54, 1.807) is 0 Å². The summed E-state index contributed by atoms with van der Waals surface area (Å²) in [6.07, 6.45) is 1.25. The minimum absolute atomic E-state index is 0.199. The molecule has 3 heterocycles. The van der Waals surface area contributed by atoms with Crippen LogP contribution in [0.1, 0.15) is 31.4 Å². The SMILES string of the molecule is FC(F)(F)c1ccnc(N2CCC(N3CCCC3)CC2)n1. The standard InChI is InChI=1S/C14H19F3N4/c15-14(16,17)12-3-6-18-13(19-12)21-9-4-11(5-10-21)20-7-1-2-8-20/h3,6,11H,1-2,4-5,7-10H2. The molecular formula is C14H19F3N4. The van der Waals surface area contributed by atoms with Gasteiger partial charge < -0.3 is 9.80 Å². The van der Waals surface area contributed by atoms with Crippen molar-refractivity contribution in [1.29, 1.82) is 0 Å². The molecule has 0 aromatic carbocycles. The van der Waals surface area contributed by atoms with Crippen molar-refractivity contribution in [3.05, 3.63) is 18.0 Å². The molecule has 0 unspecified atom stereocenters. The van der Waals surface area contributed by atoms with Crippen LogP contribution in [-0.2, 0) is 6.18 Å². The molecule has 2 aliphatic heterocycles. The van der Waals surface area contributed by atoms with E-state index in [2.05, 4.69) is 14.9 Å². The third-order valence-corrected chi connectivity index (χ3v) is 4.34. The topological polar surface area (TPSA) is 32.3 Å². The van der Waals surface area contributed by atoms with Gasteiger partial charge in [-0.05, 0) is 44.8 Å². The van der Waals surface area contributed by atoms with Crippen molar-refractivity contribution >= 4 is 5.95 Å². The molecule has 0 amide bonds. The summed E-state index contributed by atoms with van der Waals surface area (Å²) >= 11 is 0. The summed E-state index contributed by atoms with van der Waals surface area (Å²) in [5.74, 6) is 0.199. The molecule has 0 saturated carbocycles. The predicted molar refractivity (Wildman–Crippen MR) is 73.1 cm³/mol. The van der Waals surface area contributed by atoms with Crippen molar-refractivity contribution < 1.29 is 13.2 Å². The average molecular weight is 300 g/mol. The molecule has 0 spiro atoms. The second-order valence-electron chi connectivity index (χ2n) is 5.70. The average Bonchev–Trinajstić information content (AvgIpc) is 3.01. The van der Waals surface area contributed by atoms with Crippen molar-refractivity contribution in [3.63, 3.8) is 0 Å². The second kappa shape index (κ2) is 5.79. The summed E-state index contributed by atoms with van der Waals surface area (Å²) < 4.78 is 38.1. The van der Waals surface area contributed by atoms with Crippen molar-refractivity contribution in [3.8, 4) is 0 Å². The molecule has 0 radical (unpaired) electrons. The molecule has 2 aliphatic rings. The van der Waals surface area contributed by atoms with E-state index in [-0.39, 0.29) is 5.95 Å². The first-order valence-electron chi connectivity index (χ1n) is 7.43. The number of piperidine rings is 1. The van der Waals surface area contributed by atoms with Gasteiger partial charge in [0, 0.05) is 25.3 Å². The highest BCUT2D eigenvalue weighted by molar-refractivity contribution is 5.31. The molecule has 21 heavy (non-hydrogen) atoms. The number of halogens is 3. The molecule has 1 aromatic rings. The van der Waals surface area contributed by atoms with Crippen molar-refractivity contribution in [2.75, 3.05) is 31.1 Å². The van der Waals surface area contributed by atoms with Gasteiger partial charge in [-0.2, -0.15) is 13.2 Å². The molecule has 4 nitrogen and oxygen atoms in total. The summed E-state index contributed by atoms with van der Waals surface area (Å²) in [5, 5.41) is 0. The molecule has 0 N–H and O–H groups in total. The number of hydrogen-bond donors (Lipinski definition) is 0. The molecule has 0 bridgehead atoms. The maximum absolute atomic E-state index is 12.7. The maximum atomic E-state index is 12.7. The Bertz CT molecular complexity index is 477. The molecule has 116 valence electrons. The second-order valence-corrected chi connectivity index (χ2v) is 5.70. The highest BCUT2D eigenvalue weighted by Gasteiger charge is 2.34. The van der Waals surface area contributed by atoms with E-state index in [9.17, 15) is 13.2 Å². The van der Waals surface area contributed by atoms with Crippen LogP contribution in [0.15, 0.2) is 12.3 Å². The molecule has 3 rings (SSSR count). The first-order valence-corrected chi connectivity index (χ1v) is 7.43. The lowest BCUT2D eigenvalue weighted by molar-refractivity contribution is -0.141. The molecule has 0 atom stereocenters. The molecule has 7 heteroatoms. The third kappa shape index (κ3) is 3.28. The largest absolute Gasteiger partial charge is 0.433 e. The summed E-state index contributed by atoms with van der Waals surface area (Å²) in [5.41, 5.74) is -0.867. The quantitative estimate of drug-likeness (QED) is 0.840. The smallest absolute Gasteiger partial charge is 0.341 e. The molecule has 1 aromatic heterocycles. The van der Waals surface area contributed by atoms with E-state index in [0.29, 0.717) is 6.04 Å². The van der Waals surface area contributed by atoms with Gasteiger partial charge in [-0.15, -0.1) is 0 Å². The maximum Gasteiger partial charge on any atom is 0.433 e. The van der Waals surface area contributed by atoms with E-state index >= 15 is 0 Å². The minimum atomic E-state index is -4.41. The Kier molecular flexibility index (Phi) is 4.01. The zero-order chi connectivity index (χ0) is 14.9. The van der Waals surface area contributed by atoms with Gasteiger partial charge in [0.15, 0.2) is 0 Å². The Morgan fingerprint density at radius 3 is 2.33 bits per heavy atom. The van der Waals surface area contributed by atoms with Crippen LogP contribution in [0.3, 0.4) is 0 Å². The van der Waals surface area contributed by atoms with Gasteiger partial charge in [-0.1, -0.05) is 0 Å². The third-order valence-electron chi connectivity index (χ3n) is 4.34. The van der Waals surface area contributed by atoms with Gasteiger partial charge in [0.2, 0.25) is 5.95 Å². The van der Waals surface area contributed by atoms with Crippen LogP contribution in [0, 0.1) is 0 Å². The summed E-state index contributed by atoms with van der Waals surface area (Å²) in [6, 6.07) is 1.48. The summed E-state index contributed by atoms with van der Waals surface area (Å²) in [7, 11) is 0. The van der Waals surface area contributed by atoms with E-state index in [1.807, 2.05) is 4.90 Å². The fraction of sp³-hybridized carbons (Fsp3) is 0.714. The number of alkyl halides is 3.